The third-order valence-electron chi connectivity index (χ3n) is 2.50. The molecule has 1 aliphatic rings. The van der Waals surface area contributed by atoms with E-state index in [2.05, 4.69) is 9.97 Å². The average Bonchev–Trinajstić information content (AvgIpc) is 2.38. The number of aromatic nitrogens is 2. The molecule has 104 valence electrons. The van der Waals surface area contributed by atoms with E-state index < -0.39 is 12.7 Å². The molecule has 2 N–H and O–H groups in total. The van der Waals surface area contributed by atoms with Gasteiger partial charge < -0.3 is 19.8 Å². The van der Waals surface area contributed by atoms with Crippen molar-refractivity contribution in [3.05, 3.63) is 17.0 Å². The first-order valence-electron chi connectivity index (χ1n) is 5.37. The number of aliphatic hydroxyl groups excluding tert-OH is 2. The summed E-state index contributed by atoms with van der Waals surface area (Å²) in [5, 5.41) is 18.6. The number of nitrogens with zero attached hydrogens (tertiary/aromatic N) is 3. The Labute approximate surface area is 124 Å². The summed E-state index contributed by atoms with van der Waals surface area (Å²) in [6.45, 7) is 2.30. The van der Waals surface area contributed by atoms with Crippen molar-refractivity contribution in [1.29, 1.82) is 0 Å². The molecule has 0 radical (unpaired) electrons. The Balaban J connectivity index is 0.00000162. The molecule has 8 heteroatoms. The fourth-order valence-corrected chi connectivity index (χ4v) is 1.79. The molecule has 6 nitrogen and oxygen atoms in total. The molecule has 18 heavy (non-hydrogen) atoms. The Morgan fingerprint density at radius 1 is 1.39 bits per heavy atom. The minimum absolute atomic E-state index is 0. The van der Waals surface area contributed by atoms with Crippen LogP contribution >= 0.6 is 11.6 Å². The van der Waals surface area contributed by atoms with Crippen molar-refractivity contribution >= 4 is 17.4 Å². The SMILES string of the molecule is OCC(O)c1nc(Cl)cc(N2CCOCC2)n1.[Pd]. The van der Waals surface area contributed by atoms with Crippen LogP contribution in [0.3, 0.4) is 0 Å². The Kier molecular flexibility index (Phi) is 6.43. The van der Waals surface area contributed by atoms with Crippen LogP contribution in [0.1, 0.15) is 11.9 Å². The van der Waals surface area contributed by atoms with Gasteiger partial charge in [-0.1, -0.05) is 11.6 Å². The topological polar surface area (TPSA) is 78.7 Å². The summed E-state index contributed by atoms with van der Waals surface area (Å²) in [5.74, 6) is 0.789. The molecular formula is C10H14ClN3O3Pd. The maximum atomic E-state index is 9.50. The maximum Gasteiger partial charge on any atom is 0.163 e. The van der Waals surface area contributed by atoms with Crippen LogP contribution in [0.5, 0.6) is 0 Å². The number of anilines is 1. The number of aliphatic hydroxyl groups is 2. The first kappa shape index (κ1) is 15.8. The molecule has 1 aliphatic heterocycles. The molecule has 0 aromatic carbocycles. The van der Waals surface area contributed by atoms with Gasteiger partial charge in [0.25, 0.3) is 0 Å². The summed E-state index contributed by atoms with van der Waals surface area (Å²) in [6, 6.07) is 1.64. The van der Waals surface area contributed by atoms with Crippen molar-refractivity contribution in [2.45, 2.75) is 6.10 Å². The van der Waals surface area contributed by atoms with Gasteiger partial charge in [-0.15, -0.1) is 0 Å². The molecule has 0 aliphatic carbocycles. The zero-order valence-electron chi connectivity index (χ0n) is 9.53. The number of rotatable bonds is 3. The molecule has 0 bridgehead atoms. The van der Waals surface area contributed by atoms with Gasteiger partial charge in [0.2, 0.25) is 0 Å². The van der Waals surface area contributed by atoms with Gasteiger partial charge in [-0.25, -0.2) is 9.97 Å². The van der Waals surface area contributed by atoms with E-state index in [9.17, 15) is 5.11 Å². The number of halogens is 1. The van der Waals surface area contributed by atoms with Crippen LogP contribution in [-0.4, -0.2) is 53.1 Å². The van der Waals surface area contributed by atoms with E-state index in [1.54, 1.807) is 6.07 Å². The van der Waals surface area contributed by atoms with Gasteiger partial charge >= 0.3 is 0 Å². The first-order chi connectivity index (χ1) is 8.20. The van der Waals surface area contributed by atoms with E-state index >= 15 is 0 Å². The molecule has 1 atom stereocenters. The Morgan fingerprint density at radius 2 is 2.06 bits per heavy atom. The van der Waals surface area contributed by atoms with Crippen molar-refractivity contribution in [3.63, 3.8) is 0 Å². The van der Waals surface area contributed by atoms with Gasteiger partial charge in [0.05, 0.1) is 19.8 Å². The largest absolute Gasteiger partial charge is 0.393 e. The second-order valence-corrected chi connectivity index (χ2v) is 4.09. The van der Waals surface area contributed by atoms with Crippen LogP contribution in [0, 0.1) is 0 Å². The molecule has 0 saturated carbocycles. The molecule has 1 fully saturated rings. The zero-order chi connectivity index (χ0) is 12.3. The molecule has 1 unspecified atom stereocenters. The molecule has 1 saturated heterocycles. The molecule has 2 rings (SSSR count). The van der Waals surface area contributed by atoms with E-state index in [1.165, 1.54) is 0 Å². The molecule has 1 aromatic heterocycles. The third kappa shape index (κ3) is 3.85. The fourth-order valence-electron chi connectivity index (χ4n) is 1.61. The minimum atomic E-state index is -1.10. The third-order valence-corrected chi connectivity index (χ3v) is 2.70. The van der Waals surface area contributed by atoms with E-state index in [4.69, 9.17) is 21.4 Å². The van der Waals surface area contributed by atoms with Crippen LogP contribution in [0.15, 0.2) is 6.07 Å². The number of ether oxygens (including phenoxy) is 1. The predicted molar refractivity (Wildman–Crippen MR) is 62.1 cm³/mol. The summed E-state index contributed by atoms with van der Waals surface area (Å²) in [7, 11) is 0. The second-order valence-electron chi connectivity index (χ2n) is 3.70. The van der Waals surface area contributed by atoms with Gasteiger partial charge in [0.15, 0.2) is 5.82 Å². The molecular weight excluding hydrogens is 352 g/mol. The zero-order valence-corrected chi connectivity index (χ0v) is 11.8. The van der Waals surface area contributed by atoms with Crippen molar-refractivity contribution in [2.24, 2.45) is 0 Å². The van der Waals surface area contributed by atoms with Gasteiger partial charge in [-0.2, -0.15) is 0 Å². The van der Waals surface area contributed by atoms with E-state index in [0.717, 1.165) is 13.1 Å². The second kappa shape index (κ2) is 7.34. The van der Waals surface area contributed by atoms with Crippen LogP contribution in [0.2, 0.25) is 5.15 Å². The number of morpholine rings is 1. The van der Waals surface area contributed by atoms with Crippen LogP contribution in [0.25, 0.3) is 0 Å². The predicted octanol–water partition coefficient (Wildman–Crippen LogP) is -0.0102. The Bertz CT molecular complexity index is 391. The van der Waals surface area contributed by atoms with E-state index in [0.29, 0.717) is 19.0 Å². The summed E-state index contributed by atoms with van der Waals surface area (Å²) < 4.78 is 5.24. The van der Waals surface area contributed by atoms with Gasteiger partial charge in [0.1, 0.15) is 17.1 Å². The van der Waals surface area contributed by atoms with Gasteiger partial charge in [-0.3, -0.25) is 0 Å². The Morgan fingerprint density at radius 3 is 2.67 bits per heavy atom. The van der Waals surface area contributed by atoms with Crippen LogP contribution in [0.4, 0.5) is 5.82 Å². The normalized spacial score (nSPS) is 17.2. The Hall–Kier alpha value is -0.288. The van der Waals surface area contributed by atoms with E-state index in [-0.39, 0.29) is 31.4 Å². The summed E-state index contributed by atoms with van der Waals surface area (Å²) in [5.41, 5.74) is 0. The van der Waals surface area contributed by atoms with Crippen molar-refractivity contribution < 1.29 is 35.4 Å². The minimum Gasteiger partial charge on any atom is -0.393 e. The van der Waals surface area contributed by atoms with E-state index in [1.807, 2.05) is 4.90 Å². The first-order valence-corrected chi connectivity index (χ1v) is 5.74. The molecule has 0 spiro atoms. The smallest absolute Gasteiger partial charge is 0.163 e. The van der Waals surface area contributed by atoms with Gasteiger partial charge in [0, 0.05) is 39.6 Å². The number of hydrogen-bond donors (Lipinski definition) is 2. The molecule has 0 amide bonds. The van der Waals surface area contributed by atoms with Crippen molar-refractivity contribution in [2.75, 3.05) is 37.8 Å². The molecule has 1 aromatic rings. The van der Waals surface area contributed by atoms with Crippen molar-refractivity contribution in [1.82, 2.24) is 9.97 Å². The van der Waals surface area contributed by atoms with Crippen LogP contribution in [-0.2, 0) is 25.2 Å². The van der Waals surface area contributed by atoms with Gasteiger partial charge in [-0.05, 0) is 0 Å². The number of hydrogen-bond acceptors (Lipinski definition) is 6. The monoisotopic (exact) mass is 365 g/mol. The fraction of sp³-hybridized carbons (Fsp3) is 0.600. The summed E-state index contributed by atoms with van der Waals surface area (Å²) in [6.07, 6.45) is -1.10. The summed E-state index contributed by atoms with van der Waals surface area (Å²) >= 11 is 5.87. The maximum absolute atomic E-state index is 9.50. The quantitative estimate of drug-likeness (QED) is 0.579. The average molecular weight is 366 g/mol. The standard InChI is InChI=1S/C10H14ClN3O3.Pd/c11-8-5-9(14-1-3-17-4-2-14)13-10(12-8)7(16)6-15;/h5,7,15-16H,1-4,6H2;. The summed E-state index contributed by atoms with van der Waals surface area (Å²) in [4.78, 5) is 10.1. The molecule has 2 heterocycles. The van der Waals surface area contributed by atoms with Crippen LogP contribution < -0.4 is 4.90 Å². The van der Waals surface area contributed by atoms with Crippen molar-refractivity contribution in [3.8, 4) is 0 Å².